The number of hydrogen-bond donors (Lipinski definition) is 2. The average molecular weight is 305 g/mol. The zero-order chi connectivity index (χ0) is 16.8. The smallest absolute Gasteiger partial charge is 0.408 e. The van der Waals surface area contributed by atoms with Crippen LogP contribution in [0.3, 0.4) is 0 Å². The molecule has 1 aromatic rings. The molecule has 1 aromatic carbocycles. The fourth-order valence-electron chi connectivity index (χ4n) is 1.85. The topological polar surface area (TPSA) is 75.6 Å². The maximum Gasteiger partial charge on any atom is 0.408 e. The molecule has 0 radical (unpaired) electrons. The first kappa shape index (κ1) is 17.8. The van der Waals surface area contributed by atoms with Gasteiger partial charge in [-0.3, -0.25) is 0 Å². The molecule has 0 saturated carbocycles. The fourth-order valence-corrected chi connectivity index (χ4v) is 1.85. The minimum atomic E-state index is -1.01. The van der Waals surface area contributed by atoms with Crippen LogP contribution in [-0.2, 0) is 16.0 Å². The lowest BCUT2D eigenvalue weighted by Crippen LogP contribution is -2.39. The Balaban J connectivity index is 2.85. The summed E-state index contributed by atoms with van der Waals surface area (Å²) >= 11 is 0. The number of benzene rings is 1. The lowest BCUT2D eigenvalue weighted by atomic mass is 10.0. The van der Waals surface area contributed by atoms with Crippen molar-refractivity contribution in [3.63, 3.8) is 0 Å². The van der Waals surface area contributed by atoms with Gasteiger partial charge in [-0.2, -0.15) is 0 Å². The molecular weight excluding hydrogens is 282 g/mol. The summed E-state index contributed by atoms with van der Waals surface area (Å²) in [6.07, 6.45) is 1.45. The number of aliphatic carboxylic acids is 1. The van der Waals surface area contributed by atoms with Gasteiger partial charge in [-0.1, -0.05) is 36.4 Å². The number of hydrogen-bond acceptors (Lipinski definition) is 3. The van der Waals surface area contributed by atoms with Crippen LogP contribution >= 0.6 is 0 Å². The fraction of sp³-hybridized carbons (Fsp3) is 0.412. The highest BCUT2D eigenvalue weighted by Crippen LogP contribution is 2.10. The molecule has 2 N–H and O–H groups in total. The molecule has 5 heteroatoms. The largest absolute Gasteiger partial charge is 0.478 e. The Hall–Kier alpha value is -2.30. The van der Waals surface area contributed by atoms with Crippen LogP contribution in [0.1, 0.15) is 33.3 Å². The van der Waals surface area contributed by atoms with Crippen LogP contribution < -0.4 is 5.32 Å². The van der Waals surface area contributed by atoms with Crippen molar-refractivity contribution in [1.29, 1.82) is 0 Å². The molecule has 5 nitrogen and oxygen atoms in total. The van der Waals surface area contributed by atoms with Crippen molar-refractivity contribution in [2.45, 2.75) is 45.8 Å². The zero-order valence-corrected chi connectivity index (χ0v) is 13.4. The number of carboxylic acids is 1. The Morgan fingerprint density at radius 2 is 1.86 bits per heavy atom. The predicted octanol–water partition coefficient (Wildman–Crippen LogP) is 3.15. The van der Waals surface area contributed by atoms with E-state index in [0.717, 1.165) is 5.56 Å². The third kappa shape index (κ3) is 6.92. The number of ether oxygens (including phenoxy) is 1. The van der Waals surface area contributed by atoms with Crippen molar-refractivity contribution >= 4 is 12.1 Å². The second-order valence-electron chi connectivity index (χ2n) is 6.10. The molecule has 0 aliphatic heterocycles. The summed E-state index contributed by atoms with van der Waals surface area (Å²) < 4.78 is 5.22. The third-order valence-electron chi connectivity index (χ3n) is 2.79. The van der Waals surface area contributed by atoms with E-state index in [1.54, 1.807) is 20.8 Å². The van der Waals surface area contributed by atoms with Gasteiger partial charge in [-0.25, -0.2) is 9.59 Å². The van der Waals surface area contributed by atoms with E-state index >= 15 is 0 Å². The van der Waals surface area contributed by atoms with Crippen LogP contribution in [-0.4, -0.2) is 28.8 Å². The van der Waals surface area contributed by atoms with E-state index in [4.69, 9.17) is 9.84 Å². The Morgan fingerprint density at radius 3 is 2.36 bits per heavy atom. The number of nitrogens with one attached hydrogen (secondary N) is 1. The molecule has 0 aliphatic rings. The highest BCUT2D eigenvalue weighted by Gasteiger charge is 2.19. The number of rotatable bonds is 5. The van der Waals surface area contributed by atoms with Gasteiger partial charge in [0.1, 0.15) is 5.60 Å². The Morgan fingerprint density at radius 1 is 1.27 bits per heavy atom. The summed E-state index contributed by atoms with van der Waals surface area (Å²) in [6, 6.07) is 9.09. The van der Waals surface area contributed by atoms with E-state index in [-0.39, 0.29) is 5.57 Å². The lowest BCUT2D eigenvalue weighted by molar-refractivity contribution is -0.132. The highest BCUT2D eigenvalue weighted by molar-refractivity contribution is 5.86. The lowest BCUT2D eigenvalue weighted by Gasteiger charge is -2.22. The molecule has 1 amide bonds. The quantitative estimate of drug-likeness (QED) is 0.819. The van der Waals surface area contributed by atoms with Gasteiger partial charge < -0.3 is 15.2 Å². The molecule has 0 aromatic heterocycles. The summed E-state index contributed by atoms with van der Waals surface area (Å²) in [7, 11) is 0. The van der Waals surface area contributed by atoms with Crippen molar-refractivity contribution in [3.8, 4) is 0 Å². The van der Waals surface area contributed by atoms with Gasteiger partial charge in [0.05, 0.1) is 6.04 Å². The first-order valence-electron chi connectivity index (χ1n) is 7.12. The summed E-state index contributed by atoms with van der Waals surface area (Å²) in [5, 5.41) is 11.7. The maximum atomic E-state index is 11.9. The summed E-state index contributed by atoms with van der Waals surface area (Å²) in [6.45, 7) is 6.82. The molecule has 0 spiro atoms. The summed E-state index contributed by atoms with van der Waals surface area (Å²) in [5.41, 5.74) is 0.572. The van der Waals surface area contributed by atoms with Crippen LogP contribution in [0.2, 0.25) is 0 Å². The average Bonchev–Trinajstić information content (AvgIpc) is 2.37. The van der Waals surface area contributed by atoms with E-state index in [9.17, 15) is 9.59 Å². The molecule has 1 rings (SSSR count). The molecule has 120 valence electrons. The molecule has 0 heterocycles. The first-order valence-corrected chi connectivity index (χ1v) is 7.12. The third-order valence-corrected chi connectivity index (χ3v) is 2.79. The standard InChI is InChI=1S/C17H23NO4/c1-12(15(19)20)10-14(11-13-8-6-5-7-9-13)18-16(21)22-17(2,3)4/h5-10,14H,11H2,1-4H3,(H,18,21)(H,19,20)/t14-/m1/s1. The normalized spacial score (nSPS) is 13.4. The van der Waals surface area contributed by atoms with Crippen LogP contribution in [0.4, 0.5) is 4.79 Å². The molecule has 0 saturated heterocycles. The van der Waals surface area contributed by atoms with E-state index in [2.05, 4.69) is 5.32 Å². The SMILES string of the molecule is CC(=C[C@H](Cc1ccccc1)NC(=O)OC(C)(C)C)C(=O)O. The van der Waals surface area contributed by atoms with Crippen LogP contribution in [0.15, 0.2) is 42.0 Å². The van der Waals surface area contributed by atoms with E-state index in [1.807, 2.05) is 30.3 Å². The van der Waals surface area contributed by atoms with Crippen LogP contribution in [0.5, 0.6) is 0 Å². The van der Waals surface area contributed by atoms with Crippen molar-refractivity contribution in [1.82, 2.24) is 5.32 Å². The van der Waals surface area contributed by atoms with Gasteiger partial charge in [0.25, 0.3) is 0 Å². The van der Waals surface area contributed by atoms with Crippen molar-refractivity contribution in [3.05, 3.63) is 47.5 Å². The summed E-state index contributed by atoms with van der Waals surface area (Å²) in [4.78, 5) is 22.9. The van der Waals surface area contributed by atoms with Gasteiger partial charge >= 0.3 is 12.1 Å². The molecule has 1 atom stereocenters. The zero-order valence-electron chi connectivity index (χ0n) is 13.4. The second-order valence-corrected chi connectivity index (χ2v) is 6.10. The van der Waals surface area contributed by atoms with Crippen LogP contribution in [0.25, 0.3) is 0 Å². The predicted molar refractivity (Wildman–Crippen MR) is 84.7 cm³/mol. The van der Waals surface area contributed by atoms with Gasteiger partial charge in [0.2, 0.25) is 0 Å². The van der Waals surface area contributed by atoms with Crippen molar-refractivity contribution in [2.75, 3.05) is 0 Å². The van der Waals surface area contributed by atoms with Crippen molar-refractivity contribution < 1.29 is 19.4 Å². The molecule has 22 heavy (non-hydrogen) atoms. The minimum absolute atomic E-state index is 0.178. The van der Waals surface area contributed by atoms with Gasteiger partial charge in [0.15, 0.2) is 0 Å². The Kier molecular flexibility index (Phi) is 6.16. The molecule has 0 unspecified atom stereocenters. The molecular formula is C17H23NO4. The van der Waals surface area contributed by atoms with Gasteiger partial charge in [-0.05, 0) is 39.7 Å². The maximum absolute atomic E-state index is 11.9. The van der Waals surface area contributed by atoms with Crippen molar-refractivity contribution in [2.24, 2.45) is 0 Å². The Bertz CT molecular complexity index is 544. The minimum Gasteiger partial charge on any atom is -0.478 e. The number of carbonyl (C=O) groups is 2. The van der Waals surface area contributed by atoms with E-state index in [0.29, 0.717) is 6.42 Å². The number of carbonyl (C=O) groups excluding carboxylic acids is 1. The number of amides is 1. The highest BCUT2D eigenvalue weighted by atomic mass is 16.6. The monoisotopic (exact) mass is 305 g/mol. The van der Waals surface area contributed by atoms with E-state index < -0.39 is 23.7 Å². The molecule has 0 fully saturated rings. The Labute approximate surface area is 131 Å². The molecule has 0 bridgehead atoms. The summed E-state index contributed by atoms with van der Waals surface area (Å²) in [5.74, 6) is -1.01. The van der Waals surface area contributed by atoms with Gasteiger partial charge in [0, 0.05) is 5.57 Å². The van der Waals surface area contributed by atoms with Gasteiger partial charge in [-0.15, -0.1) is 0 Å². The number of carboxylic acid groups (broad SMARTS) is 1. The van der Waals surface area contributed by atoms with Crippen LogP contribution in [0, 0.1) is 0 Å². The second kappa shape index (κ2) is 7.64. The number of alkyl carbamates (subject to hydrolysis) is 1. The van der Waals surface area contributed by atoms with E-state index in [1.165, 1.54) is 13.0 Å². The molecule has 0 aliphatic carbocycles. The first-order chi connectivity index (χ1) is 10.2.